The van der Waals surface area contributed by atoms with Crippen LogP contribution in [0.2, 0.25) is 0 Å². The van der Waals surface area contributed by atoms with Gasteiger partial charge in [0, 0.05) is 0 Å². The van der Waals surface area contributed by atoms with Crippen molar-refractivity contribution in [1.82, 2.24) is 0 Å². The molecule has 0 radical (unpaired) electrons. The second-order valence-corrected chi connectivity index (χ2v) is 25.8. The van der Waals surface area contributed by atoms with Crippen molar-refractivity contribution in [3.8, 4) is 100 Å². The standard InChI is InChI=1S/C76H49F15/c1-38-11-20-48-50-22-13-40(31-60(50)68(3,58(48)29-38)73(80,81)82)42-15-24-52-54-26-17-44(35-64(54)70(5,62(52)33-42)75(86,87)88)46-19-28-56-55-27-18-45(36-65(55)71(6,66(56)37-46)76(89,90)91)43-16-25-53-51-23-14-41(32-61(51)69(4,63(53)34-43)74(83,84)85)39-12-21-49-47-9-7-8-10-57(47)67(2,59(49)30-39)72(77,78)79/h7-37H,1-6H3. The molecule has 10 aromatic rings. The maximum absolute atomic E-state index is 16.1. The zero-order valence-corrected chi connectivity index (χ0v) is 49.1. The molecule has 5 aliphatic rings. The number of fused-ring (bicyclic) bond motifs is 15. The summed E-state index contributed by atoms with van der Waals surface area (Å²) >= 11 is 0. The number of hydrogen-bond acceptors (Lipinski definition) is 0. The molecule has 10 aromatic carbocycles. The summed E-state index contributed by atoms with van der Waals surface area (Å²) in [4.78, 5) is 0. The molecule has 5 unspecified atom stereocenters. The lowest BCUT2D eigenvalue weighted by molar-refractivity contribution is -0.172. The molecule has 0 nitrogen and oxygen atoms in total. The Labute approximate surface area is 512 Å². The van der Waals surface area contributed by atoms with E-state index in [1.165, 1.54) is 127 Å². The lowest BCUT2D eigenvalue weighted by atomic mass is 9.76. The van der Waals surface area contributed by atoms with Crippen LogP contribution in [0.3, 0.4) is 0 Å². The van der Waals surface area contributed by atoms with Crippen LogP contribution in [0.5, 0.6) is 0 Å². The van der Waals surface area contributed by atoms with Crippen molar-refractivity contribution in [2.75, 3.05) is 0 Å². The molecule has 458 valence electrons. The average Bonchev–Trinajstić information content (AvgIpc) is 1.58. The molecular weight excluding hydrogens is 1200 g/mol. The van der Waals surface area contributed by atoms with Crippen LogP contribution in [0.1, 0.15) is 95.8 Å². The Balaban J connectivity index is 0.768. The van der Waals surface area contributed by atoms with Gasteiger partial charge in [0.15, 0.2) is 0 Å². The van der Waals surface area contributed by atoms with Gasteiger partial charge in [-0.1, -0.05) is 145 Å². The SMILES string of the molecule is Cc1ccc2c(c1)C(C)(C(F)(F)F)c1cc(-c3ccc4c(c3)C(C)(C(F)(F)F)c3cc(-c5ccc6c(c5)C(C)(C(F)(F)F)c5cc(-c7ccc8c(c7)C(C)(C(F)(F)F)c7cc(-c9ccc%10c(c9)C(C)(C(F)(F)F)c9ccccc9-%10)ccc7-8)ccc5-6)ccc3-4)ccc1-2. The van der Waals surface area contributed by atoms with Gasteiger partial charge in [-0.2, -0.15) is 65.9 Å². The van der Waals surface area contributed by atoms with E-state index in [-0.39, 0.29) is 134 Å². The summed E-state index contributed by atoms with van der Waals surface area (Å²) in [7, 11) is 0. The molecule has 0 saturated carbocycles. The maximum Gasteiger partial charge on any atom is 0.402 e. The van der Waals surface area contributed by atoms with Gasteiger partial charge in [0.05, 0.1) is 0 Å². The molecule has 0 fully saturated rings. The largest absolute Gasteiger partial charge is 0.402 e. The summed E-state index contributed by atoms with van der Waals surface area (Å²) in [6, 6.07) is 46.3. The molecule has 0 aliphatic heterocycles. The Hall–Kier alpha value is -8.85. The van der Waals surface area contributed by atoms with Crippen molar-refractivity contribution in [1.29, 1.82) is 0 Å². The van der Waals surface area contributed by atoms with Gasteiger partial charge in [0.1, 0.15) is 27.1 Å². The van der Waals surface area contributed by atoms with Crippen LogP contribution >= 0.6 is 0 Å². The van der Waals surface area contributed by atoms with Crippen molar-refractivity contribution in [2.45, 2.75) is 99.5 Å². The van der Waals surface area contributed by atoms with E-state index in [4.69, 9.17) is 0 Å². The molecule has 5 atom stereocenters. The number of aryl methyl sites for hydroxylation is 1. The van der Waals surface area contributed by atoms with Gasteiger partial charge in [0.2, 0.25) is 0 Å². The first-order valence-corrected chi connectivity index (χ1v) is 29.3. The third-order valence-electron chi connectivity index (χ3n) is 21.3. The van der Waals surface area contributed by atoms with Crippen LogP contribution in [0.25, 0.3) is 100 Å². The molecule has 91 heavy (non-hydrogen) atoms. The Morgan fingerprint density at radius 2 is 0.363 bits per heavy atom. The van der Waals surface area contributed by atoms with Crippen LogP contribution in [-0.2, 0) is 27.1 Å². The minimum atomic E-state index is -5.00. The van der Waals surface area contributed by atoms with Crippen molar-refractivity contribution >= 4 is 0 Å². The molecule has 0 N–H and O–H groups in total. The minimum absolute atomic E-state index is 0.0299. The van der Waals surface area contributed by atoms with Crippen molar-refractivity contribution in [2.24, 2.45) is 0 Å². The molecule has 15 rings (SSSR count). The molecule has 15 heteroatoms. The van der Waals surface area contributed by atoms with Gasteiger partial charge in [-0.25, -0.2) is 0 Å². The van der Waals surface area contributed by atoms with E-state index in [9.17, 15) is 0 Å². The normalized spacial score (nSPS) is 22.3. The second kappa shape index (κ2) is 18.2. The monoisotopic (exact) mass is 1250 g/mol. The average molecular weight is 1250 g/mol. The van der Waals surface area contributed by atoms with Crippen LogP contribution in [0.4, 0.5) is 65.9 Å². The van der Waals surface area contributed by atoms with Gasteiger partial charge in [-0.05, 0) is 246 Å². The van der Waals surface area contributed by atoms with Crippen LogP contribution in [-0.4, -0.2) is 30.9 Å². The maximum atomic E-state index is 16.1. The summed E-state index contributed by atoms with van der Waals surface area (Å²) < 4.78 is 235. The van der Waals surface area contributed by atoms with Gasteiger partial charge in [-0.15, -0.1) is 0 Å². The van der Waals surface area contributed by atoms with Crippen LogP contribution < -0.4 is 0 Å². The Morgan fingerprint density at radius 1 is 0.198 bits per heavy atom. The van der Waals surface area contributed by atoms with E-state index in [1.54, 1.807) is 67.6 Å². The third kappa shape index (κ3) is 7.51. The Kier molecular flexibility index (Phi) is 11.7. The molecule has 0 saturated heterocycles. The highest BCUT2D eigenvalue weighted by Gasteiger charge is 2.63. The van der Waals surface area contributed by atoms with E-state index >= 15 is 65.9 Å². The van der Waals surface area contributed by atoms with E-state index in [0.29, 0.717) is 27.8 Å². The predicted octanol–water partition coefficient (Wildman–Crippen LogP) is 22.9. The van der Waals surface area contributed by atoms with Crippen molar-refractivity contribution in [3.63, 3.8) is 0 Å². The highest BCUT2D eigenvalue weighted by atomic mass is 19.4. The zero-order chi connectivity index (χ0) is 64.7. The molecule has 0 aromatic heterocycles. The summed E-state index contributed by atoms with van der Waals surface area (Å²) in [5, 5.41) is 0. The molecule has 0 amide bonds. The molecule has 5 aliphatic carbocycles. The van der Waals surface area contributed by atoms with E-state index in [0.717, 1.165) is 34.6 Å². The third-order valence-corrected chi connectivity index (χ3v) is 21.3. The molecule has 0 spiro atoms. The fraction of sp³-hybridized carbons (Fsp3) is 0.211. The van der Waals surface area contributed by atoms with Gasteiger partial charge < -0.3 is 0 Å². The fourth-order valence-electron chi connectivity index (χ4n) is 15.7. The van der Waals surface area contributed by atoms with Gasteiger partial charge in [0.25, 0.3) is 0 Å². The zero-order valence-electron chi connectivity index (χ0n) is 49.1. The number of halogens is 15. The minimum Gasteiger partial charge on any atom is -0.170 e. The lowest BCUT2D eigenvalue weighted by Crippen LogP contribution is -2.39. The number of rotatable bonds is 4. The molecule has 0 heterocycles. The van der Waals surface area contributed by atoms with Gasteiger partial charge >= 0.3 is 30.9 Å². The number of benzene rings is 10. The lowest BCUT2D eigenvalue weighted by Gasteiger charge is -2.31. The van der Waals surface area contributed by atoms with Crippen molar-refractivity contribution < 1.29 is 65.9 Å². The number of hydrogen-bond donors (Lipinski definition) is 0. The van der Waals surface area contributed by atoms with Crippen LogP contribution in [0, 0.1) is 6.92 Å². The first-order valence-electron chi connectivity index (χ1n) is 29.3. The number of alkyl halides is 15. The molecular formula is C76H49F15. The second-order valence-electron chi connectivity index (χ2n) is 25.8. The van der Waals surface area contributed by atoms with Gasteiger partial charge in [-0.3, -0.25) is 0 Å². The highest BCUT2D eigenvalue weighted by Crippen LogP contribution is 2.64. The summed E-state index contributed by atoms with van der Waals surface area (Å²) in [6.45, 7) is 6.92. The smallest absolute Gasteiger partial charge is 0.170 e. The van der Waals surface area contributed by atoms with E-state index < -0.39 is 58.0 Å². The van der Waals surface area contributed by atoms with E-state index in [2.05, 4.69) is 0 Å². The quantitative estimate of drug-likeness (QED) is 0.154. The molecule has 0 bridgehead atoms. The Bertz CT molecular complexity index is 4860. The summed E-state index contributed by atoms with van der Waals surface area (Å²) in [6.07, 6.45) is -24.3. The highest BCUT2D eigenvalue weighted by molar-refractivity contribution is 5.93. The van der Waals surface area contributed by atoms with Crippen LogP contribution in [0.15, 0.2) is 188 Å². The summed E-state index contributed by atoms with van der Waals surface area (Å²) in [5.74, 6) is 0. The van der Waals surface area contributed by atoms with Crippen molar-refractivity contribution in [3.05, 3.63) is 249 Å². The summed E-state index contributed by atoms with van der Waals surface area (Å²) in [5.41, 5.74) is -8.78. The fourth-order valence-corrected chi connectivity index (χ4v) is 15.7. The first-order chi connectivity index (χ1) is 42.6. The predicted molar refractivity (Wildman–Crippen MR) is 323 cm³/mol. The van der Waals surface area contributed by atoms with E-state index in [1.807, 2.05) is 0 Å². The topological polar surface area (TPSA) is 0 Å². The first kappa shape index (κ1) is 58.5. The Morgan fingerprint density at radius 3 is 0.571 bits per heavy atom.